The zero-order valence-electron chi connectivity index (χ0n) is 12.3. The van der Waals surface area contributed by atoms with Crippen LogP contribution in [0, 0.1) is 11.3 Å². The first kappa shape index (κ1) is 14.3. The number of likely N-dealkylation sites (N-methyl/N-ethyl adjacent to an activating group) is 1. The summed E-state index contributed by atoms with van der Waals surface area (Å²) in [6.45, 7) is 5.92. The molecule has 106 valence electrons. The summed E-state index contributed by atoms with van der Waals surface area (Å²) in [6, 6.07) is 0.474. The van der Waals surface area contributed by atoms with Crippen molar-refractivity contribution in [1.29, 1.82) is 0 Å². The molecular formula is C15H30N2O. The average Bonchev–Trinajstić information content (AvgIpc) is 2.64. The first-order chi connectivity index (χ1) is 8.46. The number of hydrogen-bond donors (Lipinski definition) is 2. The van der Waals surface area contributed by atoms with Crippen molar-refractivity contribution in [2.45, 2.75) is 64.0 Å². The van der Waals surface area contributed by atoms with Crippen LogP contribution in [0.1, 0.15) is 52.4 Å². The third-order valence-corrected chi connectivity index (χ3v) is 5.91. The summed E-state index contributed by atoms with van der Waals surface area (Å²) in [6.07, 6.45) is 6.87. The molecule has 1 saturated carbocycles. The summed E-state index contributed by atoms with van der Waals surface area (Å²) >= 11 is 0. The van der Waals surface area contributed by atoms with Gasteiger partial charge in [0.25, 0.3) is 0 Å². The number of nitrogens with two attached hydrogens (primary N) is 1. The molecule has 1 saturated heterocycles. The maximum absolute atomic E-state index is 11.1. The van der Waals surface area contributed by atoms with Gasteiger partial charge in [0.15, 0.2) is 0 Å². The molecule has 0 aromatic rings. The second-order valence-electron chi connectivity index (χ2n) is 6.84. The minimum atomic E-state index is -0.561. The van der Waals surface area contributed by atoms with Gasteiger partial charge in [-0.1, -0.05) is 13.3 Å². The number of likely N-dealkylation sites (tertiary alicyclic amines) is 1. The van der Waals surface area contributed by atoms with Crippen LogP contribution in [0.15, 0.2) is 0 Å². The molecule has 2 unspecified atom stereocenters. The third-order valence-electron chi connectivity index (χ3n) is 5.91. The molecule has 18 heavy (non-hydrogen) atoms. The van der Waals surface area contributed by atoms with E-state index in [1.807, 2.05) is 0 Å². The summed E-state index contributed by atoms with van der Waals surface area (Å²) in [5.74, 6) is 0.852. The maximum atomic E-state index is 11.1. The van der Waals surface area contributed by atoms with Crippen LogP contribution in [-0.4, -0.2) is 41.8 Å². The fraction of sp³-hybridized carbons (Fsp3) is 1.00. The van der Waals surface area contributed by atoms with Gasteiger partial charge in [-0.3, -0.25) is 0 Å². The molecule has 1 aliphatic carbocycles. The summed E-state index contributed by atoms with van der Waals surface area (Å²) in [5.41, 5.74) is 5.51. The molecule has 1 aliphatic heterocycles. The van der Waals surface area contributed by atoms with Crippen LogP contribution in [0.4, 0.5) is 0 Å². The number of hydrogen-bond acceptors (Lipinski definition) is 3. The van der Waals surface area contributed by atoms with E-state index in [0.29, 0.717) is 12.6 Å². The lowest BCUT2D eigenvalue weighted by atomic mass is 9.60. The number of rotatable bonds is 3. The van der Waals surface area contributed by atoms with E-state index in [0.717, 1.165) is 31.7 Å². The van der Waals surface area contributed by atoms with E-state index in [1.165, 1.54) is 19.3 Å². The van der Waals surface area contributed by atoms with Crippen molar-refractivity contribution < 1.29 is 5.11 Å². The second-order valence-corrected chi connectivity index (χ2v) is 6.84. The van der Waals surface area contributed by atoms with Crippen molar-refractivity contribution in [2.24, 2.45) is 17.1 Å². The van der Waals surface area contributed by atoms with Gasteiger partial charge in [0.05, 0.1) is 5.60 Å². The lowest BCUT2D eigenvalue weighted by Gasteiger charge is -2.49. The van der Waals surface area contributed by atoms with Crippen molar-refractivity contribution in [3.8, 4) is 0 Å². The van der Waals surface area contributed by atoms with Gasteiger partial charge in [-0.25, -0.2) is 0 Å². The quantitative estimate of drug-likeness (QED) is 0.810. The Balaban J connectivity index is 2.13. The van der Waals surface area contributed by atoms with Crippen LogP contribution in [0.5, 0.6) is 0 Å². The highest BCUT2D eigenvalue weighted by Crippen LogP contribution is 2.50. The molecule has 2 aliphatic rings. The van der Waals surface area contributed by atoms with E-state index in [4.69, 9.17) is 5.73 Å². The summed E-state index contributed by atoms with van der Waals surface area (Å²) in [7, 11) is 2.12. The van der Waals surface area contributed by atoms with Gasteiger partial charge in [0.1, 0.15) is 0 Å². The first-order valence-electron chi connectivity index (χ1n) is 7.59. The largest absolute Gasteiger partial charge is 0.388 e. The van der Waals surface area contributed by atoms with Crippen molar-refractivity contribution in [3.05, 3.63) is 0 Å². The summed E-state index contributed by atoms with van der Waals surface area (Å²) in [4.78, 5) is 2.28. The summed E-state index contributed by atoms with van der Waals surface area (Å²) in [5, 5.41) is 11.1. The highest BCUT2D eigenvalue weighted by molar-refractivity contribution is 5.08. The minimum absolute atomic E-state index is 0.0301. The van der Waals surface area contributed by atoms with Crippen LogP contribution in [-0.2, 0) is 0 Å². The van der Waals surface area contributed by atoms with E-state index >= 15 is 0 Å². The second kappa shape index (κ2) is 5.10. The third kappa shape index (κ3) is 2.21. The van der Waals surface area contributed by atoms with E-state index in [-0.39, 0.29) is 5.41 Å². The molecular weight excluding hydrogens is 224 g/mol. The van der Waals surface area contributed by atoms with Gasteiger partial charge >= 0.3 is 0 Å². The van der Waals surface area contributed by atoms with E-state index in [2.05, 4.69) is 25.8 Å². The number of nitrogens with zero attached hydrogens (tertiary/aromatic N) is 1. The van der Waals surface area contributed by atoms with Gasteiger partial charge in [-0.2, -0.15) is 0 Å². The molecule has 3 heteroatoms. The predicted molar refractivity (Wildman–Crippen MR) is 75.4 cm³/mol. The first-order valence-corrected chi connectivity index (χ1v) is 7.59. The van der Waals surface area contributed by atoms with E-state index in [1.54, 1.807) is 0 Å². The van der Waals surface area contributed by atoms with Crippen LogP contribution in [0.2, 0.25) is 0 Å². The molecule has 3 nitrogen and oxygen atoms in total. The van der Waals surface area contributed by atoms with Crippen LogP contribution >= 0.6 is 0 Å². The standard InChI is InChI=1S/C15H30N2O/c1-4-13-5-7-14(10-16,8-6-13)15(18)9-12(2)17(3)11-15/h12-13,18H,4-11,16H2,1-3H3. The highest BCUT2D eigenvalue weighted by Gasteiger charge is 2.54. The topological polar surface area (TPSA) is 49.5 Å². The number of aliphatic hydroxyl groups is 1. The smallest absolute Gasteiger partial charge is 0.0856 e. The fourth-order valence-electron chi connectivity index (χ4n) is 4.16. The molecule has 2 atom stereocenters. The molecule has 3 N–H and O–H groups in total. The van der Waals surface area contributed by atoms with Crippen molar-refractivity contribution in [3.63, 3.8) is 0 Å². The summed E-state index contributed by atoms with van der Waals surface area (Å²) < 4.78 is 0. The Morgan fingerprint density at radius 1 is 1.33 bits per heavy atom. The zero-order valence-corrected chi connectivity index (χ0v) is 12.3. The maximum Gasteiger partial charge on any atom is 0.0856 e. The van der Waals surface area contributed by atoms with Gasteiger partial charge in [0, 0.05) is 24.5 Å². The van der Waals surface area contributed by atoms with Crippen molar-refractivity contribution in [1.82, 2.24) is 4.90 Å². The SMILES string of the molecule is CCC1CCC(CN)(C2(O)CC(C)N(C)C2)CC1. The number of β-amino-alcohol motifs (C(OH)–C–C–N with tert-alkyl or cyclic N) is 1. The molecule has 0 bridgehead atoms. The fourth-order valence-corrected chi connectivity index (χ4v) is 4.16. The van der Waals surface area contributed by atoms with Gasteiger partial charge in [-0.05, 0) is 52.0 Å². The van der Waals surface area contributed by atoms with Crippen molar-refractivity contribution in [2.75, 3.05) is 20.1 Å². The van der Waals surface area contributed by atoms with Crippen LogP contribution in [0.3, 0.4) is 0 Å². The van der Waals surface area contributed by atoms with Gasteiger partial charge < -0.3 is 15.7 Å². The van der Waals surface area contributed by atoms with Crippen LogP contribution < -0.4 is 5.73 Å². The molecule has 0 amide bonds. The Morgan fingerprint density at radius 3 is 2.33 bits per heavy atom. The Bertz CT molecular complexity index is 274. The van der Waals surface area contributed by atoms with E-state index < -0.39 is 5.60 Å². The van der Waals surface area contributed by atoms with E-state index in [9.17, 15) is 5.11 Å². The molecule has 2 rings (SSSR count). The Labute approximate surface area is 112 Å². The highest BCUT2D eigenvalue weighted by atomic mass is 16.3. The minimum Gasteiger partial charge on any atom is -0.388 e. The van der Waals surface area contributed by atoms with Gasteiger partial charge in [-0.15, -0.1) is 0 Å². The molecule has 0 spiro atoms. The molecule has 0 radical (unpaired) electrons. The molecule has 1 heterocycles. The molecule has 2 fully saturated rings. The normalized spacial score (nSPS) is 46.5. The lowest BCUT2D eigenvalue weighted by Crippen LogP contribution is -2.55. The molecule has 0 aromatic carbocycles. The lowest BCUT2D eigenvalue weighted by molar-refractivity contribution is -0.0957. The Hall–Kier alpha value is -0.120. The Kier molecular flexibility index (Phi) is 4.05. The predicted octanol–water partition coefficient (Wildman–Crippen LogP) is 1.99. The van der Waals surface area contributed by atoms with Crippen LogP contribution in [0.25, 0.3) is 0 Å². The monoisotopic (exact) mass is 254 g/mol. The zero-order chi connectivity index (χ0) is 13.4. The van der Waals surface area contributed by atoms with Crippen molar-refractivity contribution >= 4 is 0 Å². The molecule has 0 aromatic heterocycles. The average molecular weight is 254 g/mol. The van der Waals surface area contributed by atoms with Gasteiger partial charge in [0.2, 0.25) is 0 Å². The Morgan fingerprint density at radius 2 is 1.94 bits per heavy atom.